The molecule has 2 amide bonds. The van der Waals surface area contributed by atoms with Crippen molar-refractivity contribution in [2.24, 2.45) is 0 Å². The van der Waals surface area contributed by atoms with Crippen LogP contribution in [0.1, 0.15) is 20.3 Å². The molecule has 0 saturated carbocycles. The maximum Gasteiger partial charge on any atom is 0.228 e. The van der Waals surface area contributed by atoms with Gasteiger partial charge in [0.15, 0.2) is 0 Å². The van der Waals surface area contributed by atoms with Gasteiger partial charge in [0, 0.05) is 37.8 Å². The summed E-state index contributed by atoms with van der Waals surface area (Å²) in [6.45, 7) is 4.15. The lowest BCUT2D eigenvalue weighted by atomic mass is 10.2. The summed E-state index contributed by atoms with van der Waals surface area (Å²) < 4.78 is 13.0. The van der Waals surface area contributed by atoms with Crippen molar-refractivity contribution in [2.45, 2.75) is 20.3 Å². The zero-order valence-electron chi connectivity index (χ0n) is 13.9. The van der Waals surface area contributed by atoms with E-state index in [1.165, 1.54) is 36.1 Å². The van der Waals surface area contributed by atoms with E-state index in [-0.39, 0.29) is 30.6 Å². The number of anilines is 2. The second-order valence-corrected chi connectivity index (χ2v) is 5.37. The number of halogens is 1. The zero-order valence-corrected chi connectivity index (χ0v) is 13.9. The summed E-state index contributed by atoms with van der Waals surface area (Å²) in [5.41, 5.74) is 1.42. The number of hydrogen-bond acceptors (Lipinski definition) is 2. The van der Waals surface area contributed by atoms with E-state index in [0.29, 0.717) is 12.2 Å². The highest BCUT2D eigenvalue weighted by Gasteiger charge is 2.17. The van der Waals surface area contributed by atoms with Crippen molar-refractivity contribution in [3.63, 3.8) is 0 Å². The molecule has 0 bridgehead atoms. The SMILES string of the molecule is CCN(C(=O)CCN(C(C)=O)c1ccc(F)cc1)c1ccccc1. The van der Waals surface area contributed by atoms with E-state index >= 15 is 0 Å². The van der Waals surface area contributed by atoms with Gasteiger partial charge >= 0.3 is 0 Å². The fraction of sp³-hybridized carbons (Fsp3) is 0.263. The monoisotopic (exact) mass is 328 g/mol. The number of para-hydroxylation sites is 1. The molecule has 0 aliphatic carbocycles. The third-order valence-corrected chi connectivity index (χ3v) is 3.75. The van der Waals surface area contributed by atoms with Crippen molar-refractivity contribution in [1.29, 1.82) is 0 Å². The van der Waals surface area contributed by atoms with Gasteiger partial charge in [-0.2, -0.15) is 0 Å². The van der Waals surface area contributed by atoms with E-state index in [4.69, 9.17) is 0 Å². The van der Waals surface area contributed by atoms with E-state index < -0.39 is 0 Å². The number of hydrogen-bond donors (Lipinski definition) is 0. The molecule has 5 heteroatoms. The van der Waals surface area contributed by atoms with E-state index in [1.807, 2.05) is 37.3 Å². The van der Waals surface area contributed by atoms with Gasteiger partial charge in [-0.05, 0) is 43.3 Å². The molecular formula is C19H21FN2O2. The maximum atomic E-state index is 13.0. The Morgan fingerprint density at radius 3 is 2.04 bits per heavy atom. The molecule has 0 fully saturated rings. The molecule has 0 spiro atoms. The van der Waals surface area contributed by atoms with Crippen LogP contribution in [0.3, 0.4) is 0 Å². The number of benzene rings is 2. The molecule has 0 unspecified atom stereocenters. The van der Waals surface area contributed by atoms with Gasteiger partial charge in [0.1, 0.15) is 5.82 Å². The molecule has 0 aliphatic heterocycles. The summed E-state index contributed by atoms with van der Waals surface area (Å²) in [6, 6.07) is 15.1. The predicted molar refractivity (Wildman–Crippen MR) is 93.5 cm³/mol. The van der Waals surface area contributed by atoms with E-state index in [0.717, 1.165) is 5.69 Å². The Labute approximate surface area is 141 Å². The van der Waals surface area contributed by atoms with Gasteiger partial charge in [0.05, 0.1) is 0 Å². The van der Waals surface area contributed by atoms with E-state index in [9.17, 15) is 14.0 Å². The van der Waals surface area contributed by atoms with Crippen molar-refractivity contribution in [2.75, 3.05) is 22.9 Å². The van der Waals surface area contributed by atoms with Crippen LogP contribution in [-0.2, 0) is 9.59 Å². The van der Waals surface area contributed by atoms with Crippen LogP contribution in [0.25, 0.3) is 0 Å². The molecule has 0 aliphatic rings. The highest BCUT2D eigenvalue weighted by Crippen LogP contribution is 2.18. The highest BCUT2D eigenvalue weighted by molar-refractivity contribution is 5.96. The Morgan fingerprint density at radius 2 is 1.50 bits per heavy atom. The minimum atomic E-state index is -0.362. The Balaban J connectivity index is 2.07. The molecular weight excluding hydrogens is 307 g/mol. The molecule has 2 aromatic carbocycles. The molecule has 0 aromatic heterocycles. The quantitative estimate of drug-likeness (QED) is 0.812. The second-order valence-electron chi connectivity index (χ2n) is 5.37. The van der Waals surface area contributed by atoms with Crippen LogP contribution in [0.2, 0.25) is 0 Å². The van der Waals surface area contributed by atoms with Crippen LogP contribution in [0.4, 0.5) is 15.8 Å². The molecule has 4 nitrogen and oxygen atoms in total. The molecule has 2 rings (SSSR count). The zero-order chi connectivity index (χ0) is 17.5. The fourth-order valence-corrected chi connectivity index (χ4v) is 2.54. The number of nitrogens with zero attached hydrogens (tertiary/aromatic N) is 2. The molecule has 0 heterocycles. The van der Waals surface area contributed by atoms with Crippen molar-refractivity contribution in [3.8, 4) is 0 Å². The van der Waals surface area contributed by atoms with Crippen molar-refractivity contribution < 1.29 is 14.0 Å². The third-order valence-electron chi connectivity index (χ3n) is 3.75. The standard InChI is InChI=1S/C19H21FN2O2/c1-3-21(17-7-5-4-6-8-17)19(24)13-14-22(15(2)23)18-11-9-16(20)10-12-18/h4-12H,3,13-14H2,1-2H3. The predicted octanol–water partition coefficient (Wildman–Crippen LogP) is 3.62. The Hall–Kier alpha value is -2.69. The van der Waals surface area contributed by atoms with Crippen molar-refractivity contribution in [1.82, 2.24) is 0 Å². The Morgan fingerprint density at radius 1 is 0.917 bits per heavy atom. The lowest BCUT2D eigenvalue weighted by Gasteiger charge is -2.24. The average Bonchev–Trinajstić information content (AvgIpc) is 2.58. The summed E-state index contributed by atoms with van der Waals surface area (Å²) in [5.74, 6) is -0.603. The lowest BCUT2D eigenvalue weighted by Crippen LogP contribution is -2.36. The van der Waals surface area contributed by atoms with Crippen LogP contribution in [-0.4, -0.2) is 24.9 Å². The molecule has 0 saturated heterocycles. The number of amides is 2. The van der Waals surface area contributed by atoms with Gasteiger partial charge in [-0.25, -0.2) is 4.39 Å². The van der Waals surface area contributed by atoms with Crippen molar-refractivity contribution >= 4 is 23.2 Å². The summed E-state index contributed by atoms with van der Waals surface area (Å²) in [6.07, 6.45) is 0.194. The smallest absolute Gasteiger partial charge is 0.228 e. The fourth-order valence-electron chi connectivity index (χ4n) is 2.54. The normalized spacial score (nSPS) is 10.3. The third kappa shape index (κ3) is 4.41. The summed E-state index contributed by atoms with van der Waals surface area (Å²) in [7, 11) is 0. The molecule has 0 radical (unpaired) electrons. The Kier molecular flexibility index (Phi) is 6.07. The maximum absolute atomic E-state index is 13.0. The first-order valence-electron chi connectivity index (χ1n) is 7.92. The molecule has 0 N–H and O–H groups in total. The first-order chi connectivity index (χ1) is 11.5. The van der Waals surface area contributed by atoms with Crippen LogP contribution in [0, 0.1) is 5.82 Å². The van der Waals surface area contributed by atoms with E-state index in [2.05, 4.69) is 0 Å². The first-order valence-corrected chi connectivity index (χ1v) is 7.92. The molecule has 2 aromatic rings. The second kappa shape index (κ2) is 8.24. The summed E-state index contributed by atoms with van der Waals surface area (Å²) >= 11 is 0. The van der Waals surface area contributed by atoms with Crippen LogP contribution < -0.4 is 9.80 Å². The lowest BCUT2D eigenvalue weighted by molar-refractivity contribution is -0.118. The molecule has 0 atom stereocenters. The topological polar surface area (TPSA) is 40.6 Å². The first kappa shape index (κ1) is 17.7. The number of rotatable bonds is 6. The average molecular weight is 328 g/mol. The number of carbonyl (C=O) groups is 2. The molecule has 24 heavy (non-hydrogen) atoms. The van der Waals surface area contributed by atoms with Crippen LogP contribution in [0.5, 0.6) is 0 Å². The van der Waals surface area contributed by atoms with Gasteiger partial charge in [0.2, 0.25) is 11.8 Å². The van der Waals surface area contributed by atoms with Crippen LogP contribution in [0.15, 0.2) is 54.6 Å². The summed E-state index contributed by atoms with van der Waals surface area (Å²) in [4.78, 5) is 27.5. The van der Waals surface area contributed by atoms with Gasteiger partial charge in [0.25, 0.3) is 0 Å². The summed E-state index contributed by atoms with van der Waals surface area (Å²) in [5, 5.41) is 0. The van der Waals surface area contributed by atoms with E-state index in [1.54, 1.807) is 4.90 Å². The molecule has 126 valence electrons. The van der Waals surface area contributed by atoms with Gasteiger partial charge in [-0.15, -0.1) is 0 Å². The number of carbonyl (C=O) groups excluding carboxylic acids is 2. The van der Waals surface area contributed by atoms with Gasteiger partial charge in [-0.3, -0.25) is 9.59 Å². The minimum absolute atomic E-state index is 0.0583. The van der Waals surface area contributed by atoms with Crippen molar-refractivity contribution in [3.05, 3.63) is 60.4 Å². The van der Waals surface area contributed by atoms with Crippen LogP contribution >= 0.6 is 0 Å². The minimum Gasteiger partial charge on any atom is -0.313 e. The highest BCUT2D eigenvalue weighted by atomic mass is 19.1. The Bertz CT molecular complexity index is 686. The largest absolute Gasteiger partial charge is 0.313 e. The van der Waals surface area contributed by atoms with Gasteiger partial charge < -0.3 is 9.80 Å². The van der Waals surface area contributed by atoms with Gasteiger partial charge in [-0.1, -0.05) is 18.2 Å².